The number of pyridine rings is 7. The zero-order valence-electron chi connectivity index (χ0n) is 47.1. The van der Waals surface area contributed by atoms with Crippen LogP contribution in [0.4, 0.5) is 5.82 Å². The molecule has 7 heterocycles. The van der Waals surface area contributed by atoms with E-state index in [1.165, 1.54) is 14.2 Å². The number of anilines is 1. The number of esters is 2. The van der Waals surface area contributed by atoms with Gasteiger partial charge in [-0.25, -0.2) is 14.6 Å². The van der Waals surface area contributed by atoms with E-state index in [2.05, 4.69) is 40.2 Å². The maximum atomic E-state index is 12.8. The molecule has 420 valence electrons. The van der Waals surface area contributed by atoms with Crippen molar-refractivity contribution in [1.82, 2.24) is 40.2 Å². The van der Waals surface area contributed by atoms with Gasteiger partial charge in [-0.1, -0.05) is 18.2 Å². The first-order valence-electron chi connectivity index (χ1n) is 25.6. The second kappa shape index (κ2) is 30.6. The van der Waals surface area contributed by atoms with Gasteiger partial charge >= 0.3 is 35.0 Å². The fraction of sp³-hybridized carbons (Fsp3) is 0.188. The molecule has 0 saturated heterocycles. The van der Waals surface area contributed by atoms with Gasteiger partial charge < -0.3 is 55.1 Å². The van der Waals surface area contributed by atoms with Crippen molar-refractivity contribution in [3.63, 3.8) is 0 Å². The monoisotopic (exact) mass is 1190 g/mol. The van der Waals surface area contributed by atoms with Gasteiger partial charge in [-0.2, -0.15) is 0 Å². The zero-order valence-corrected chi connectivity index (χ0v) is 50.1. The number of carbonyl (C=O) groups is 4. The molecule has 0 bridgehead atoms. The number of hydrogen-bond donors (Lipinski definition) is 4. The molecule has 1 amide bonds. The number of nitrogens with zero attached hydrogens (tertiary/aromatic N) is 7. The number of nitrogen functional groups attached to an aromatic ring is 1. The summed E-state index contributed by atoms with van der Waals surface area (Å²) in [7, 11) is 2.71. The van der Waals surface area contributed by atoms with Crippen molar-refractivity contribution in [2.75, 3.05) is 20.0 Å². The van der Waals surface area contributed by atoms with Crippen molar-refractivity contribution in [2.24, 2.45) is 0 Å². The largest absolute Gasteiger partial charge is 2.00 e. The Morgan fingerprint density at radius 3 is 1.40 bits per heavy atom. The number of aromatic nitrogens is 7. The summed E-state index contributed by atoms with van der Waals surface area (Å²) in [6, 6.07) is 35.5. The van der Waals surface area contributed by atoms with Gasteiger partial charge in [-0.05, 0) is 164 Å². The quantitative estimate of drug-likeness (QED) is 0.0380. The predicted octanol–water partition coefficient (Wildman–Crippen LogP) is 6.75. The molecule has 10 aromatic rings. The van der Waals surface area contributed by atoms with E-state index in [0.717, 1.165) is 101 Å². The van der Waals surface area contributed by atoms with Crippen LogP contribution in [0.2, 0.25) is 0 Å². The second-order valence-electron chi connectivity index (χ2n) is 19.1. The number of halogens is 1. The number of rotatable bonds is 14. The minimum absolute atomic E-state index is 0. The zero-order chi connectivity index (χ0) is 56.9. The Hall–Kier alpha value is -8.46. The van der Waals surface area contributed by atoms with Gasteiger partial charge in [0, 0.05) is 113 Å². The molecule has 10 rings (SSSR count). The Labute approximate surface area is 508 Å². The molecule has 2 atom stereocenters. The van der Waals surface area contributed by atoms with E-state index >= 15 is 0 Å². The number of fused-ring (bicyclic) bond motifs is 3. The van der Waals surface area contributed by atoms with Gasteiger partial charge in [0.15, 0.2) is 6.29 Å². The summed E-state index contributed by atoms with van der Waals surface area (Å²) in [5.41, 5.74) is 20.2. The molecule has 0 fully saturated rings. The number of benzene rings is 3. The van der Waals surface area contributed by atoms with E-state index in [1.807, 2.05) is 92.7 Å². The first kappa shape index (κ1) is 65.3. The van der Waals surface area contributed by atoms with Crippen LogP contribution in [0.5, 0.6) is 0 Å². The average molecular weight is 1190 g/mol. The molecule has 0 radical (unpaired) electrons. The molecule has 7 aromatic heterocycles. The standard InChI is InChI=1S/C26H27N5O2.C19H18N2O3.C18H14N2O3.CH3.BrH.Mg/c1-15-8-25(27)31-16(2)23(15)14-30-26(33)19-6-7-28-22(12-19)10-18-4-5-24-20(9-18)11-21(13-29-24)17(3)32;1-12(22)16-9-15-7-13(3-4-18(15)21-11-16)8-17-10-14(5-6-20-17)19(23)24-2;1-23-18(22)14-4-5-19-16(9-14)8-12-2-3-17-15(6-12)7-13(11-21)10-20-17;;;/h4-9,11-13,17,32H,10,14H2,1-3H3,(H2,27,31)(H,30,33);3-7,9-12,22H,8H2,1-2H3;2-7,9-11H,8H2,1H3;1H3;1H;/q;;;-1;;+2/p-1. The van der Waals surface area contributed by atoms with E-state index in [0.29, 0.717) is 53.9 Å². The first-order chi connectivity index (χ1) is 38.5. The number of ether oxygens (including phenoxy) is 2. The van der Waals surface area contributed by atoms with Crippen LogP contribution in [0.25, 0.3) is 32.7 Å². The third-order valence-electron chi connectivity index (χ3n) is 13.1. The van der Waals surface area contributed by atoms with Crippen molar-refractivity contribution in [3.05, 3.63) is 244 Å². The predicted molar refractivity (Wildman–Crippen MR) is 317 cm³/mol. The fourth-order valence-electron chi connectivity index (χ4n) is 8.85. The van der Waals surface area contributed by atoms with Gasteiger partial charge in [0.05, 0.1) is 54.1 Å². The van der Waals surface area contributed by atoms with Crippen molar-refractivity contribution in [3.8, 4) is 0 Å². The molecule has 83 heavy (non-hydrogen) atoms. The molecular formula is C64H62BrMgN9O8. The summed E-state index contributed by atoms with van der Waals surface area (Å²) in [4.78, 5) is 77.2. The van der Waals surface area contributed by atoms with E-state index in [1.54, 1.807) is 87.4 Å². The summed E-state index contributed by atoms with van der Waals surface area (Å²) < 4.78 is 9.45. The minimum atomic E-state index is -0.570. The molecule has 0 spiro atoms. The Morgan fingerprint density at radius 1 is 0.578 bits per heavy atom. The normalized spacial score (nSPS) is 11.2. The Morgan fingerprint density at radius 2 is 0.988 bits per heavy atom. The summed E-state index contributed by atoms with van der Waals surface area (Å²) >= 11 is 0. The number of aldehydes is 1. The molecule has 2 unspecified atom stereocenters. The maximum absolute atomic E-state index is 12.8. The molecule has 0 aliphatic rings. The number of carbonyl (C=O) groups excluding carboxylic acids is 4. The van der Waals surface area contributed by atoms with Crippen molar-refractivity contribution >= 4 is 85.7 Å². The summed E-state index contributed by atoms with van der Waals surface area (Å²) in [5, 5.41) is 25.3. The minimum Gasteiger partial charge on any atom is -1.00 e. The van der Waals surface area contributed by atoms with Crippen LogP contribution >= 0.6 is 0 Å². The summed E-state index contributed by atoms with van der Waals surface area (Å²) in [6.07, 6.45) is 11.2. The maximum Gasteiger partial charge on any atom is 2.00 e. The third-order valence-corrected chi connectivity index (χ3v) is 13.1. The van der Waals surface area contributed by atoms with Crippen LogP contribution < -0.4 is 28.0 Å². The average Bonchev–Trinajstić information content (AvgIpc) is 3.49. The molecule has 0 aliphatic carbocycles. The molecule has 3 aromatic carbocycles. The van der Waals surface area contributed by atoms with E-state index in [9.17, 15) is 29.4 Å². The number of methoxy groups -OCH3 is 2. The van der Waals surface area contributed by atoms with Crippen LogP contribution in [0.15, 0.2) is 152 Å². The Bertz CT molecular complexity index is 3900. The van der Waals surface area contributed by atoms with E-state index in [-0.39, 0.29) is 65.3 Å². The van der Waals surface area contributed by atoms with E-state index < -0.39 is 12.2 Å². The fourth-order valence-corrected chi connectivity index (χ4v) is 8.85. The first-order valence-corrected chi connectivity index (χ1v) is 25.6. The summed E-state index contributed by atoms with van der Waals surface area (Å²) in [5.74, 6) is -0.445. The van der Waals surface area contributed by atoms with Crippen molar-refractivity contribution in [1.29, 1.82) is 0 Å². The Kier molecular flexibility index (Phi) is 24.1. The van der Waals surface area contributed by atoms with Gasteiger partial charge in [-0.3, -0.25) is 39.5 Å². The molecular weight excluding hydrogens is 1130 g/mol. The SMILES string of the molecule is COC(=O)c1ccnc(Cc2ccc3ncc(C(C)O)cc3c2)c1.COC(=O)c1ccnc(Cc2ccc3ncc(C=O)cc3c2)c1.Cc1cc(N)nc(C)c1CNC(=O)c1ccnc(Cc2ccc3ncc(C(C)O)cc3c2)c1.[Br-].[CH3-].[Mg+2]. The smallest absolute Gasteiger partial charge is 1.00 e. The van der Waals surface area contributed by atoms with Gasteiger partial charge in [0.25, 0.3) is 5.91 Å². The number of nitrogens with one attached hydrogen (secondary N) is 1. The number of aryl methyl sites for hydroxylation is 2. The molecule has 5 N–H and O–H groups in total. The van der Waals surface area contributed by atoms with Crippen LogP contribution in [0.1, 0.15) is 129 Å². The number of amides is 1. The summed E-state index contributed by atoms with van der Waals surface area (Å²) in [6.45, 7) is 7.66. The van der Waals surface area contributed by atoms with E-state index in [4.69, 9.17) is 15.2 Å². The molecule has 17 nitrogen and oxygen atoms in total. The number of aliphatic hydroxyl groups is 2. The topological polar surface area (TPSA) is 255 Å². The molecule has 0 saturated carbocycles. The number of nitrogens with two attached hydrogens (primary N) is 1. The van der Waals surface area contributed by atoms with Crippen LogP contribution in [0.3, 0.4) is 0 Å². The van der Waals surface area contributed by atoms with Gasteiger partial charge in [-0.15, -0.1) is 0 Å². The number of hydrogen-bond acceptors (Lipinski definition) is 16. The van der Waals surface area contributed by atoms with Gasteiger partial charge in [0.1, 0.15) is 5.82 Å². The van der Waals surface area contributed by atoms with Crippen molar-refractivity contribution in [2.45, 2.75) is 65.7 Å². The third kappa shape index (κ3) is 17.5. The second-order valence-corrected chi connectivity index (χ2v) is 19.1. The van der Waals surface area contributed by atoms with Crippen LogP contribution in [-0.4, -0.2) is 107 Å². The van der Waals surface area contributed by atoms with Crippen LogP contribution in [0, 0.1) is 21.3 Å². The van der Waals surface area contributed by atoms with Crippen LogP contribution in [-0.2, 0) is 35.3 Å². The molecule has 0 aliphatic heterocycles. The molecule has 19 heteroatoms. The van der Waals surface area contributed by atoms with Crippen molar-refractivity contribution < 1.29 is 55.8 Å². The Balaban J connectivity index is 0.000000229. The van der Waals surface area contributed by atoms with Gasteiger partial charge in [0.2, 0.25) is 0 Å². The number of aliphatic hydroxyl groups excluding tert-OH is 2.